The van der Waals surface area contributed by atoms with Gasteiger partial charge in [-0.1, -0.05) is 12.1 Å². The zero-order valence-corrected chi connectivity index (χ0v) is 17.4. The van der Waals surface area contributed by atoms with Crippen molar-refractivity contribution in [1.29, 1.82) is 0 Å². The molecule has 0 aliphatic rings. The summed E-state index contributed by atoms with van der Waals surface area (Å²) in [4.78, 5) is 14.4. The fourth-order valence-corrected chi connectivity index (χ4v) is 2.98. The molecule has 174 valence electrons. The second kappa shape index (κ2) is 9.05. The molecule has 4 nitrogen and oxygen atoms in total. The predicted octanol–water partition coefficient (Wildman–Crippen LogP) is 6.83. The van der Waals surface area contributed by atoms with Gasteiger partial charge in [-0.2, -0.15) is 26.3 Å². The summed E-state index contributed by atoms with van der Waals surface area (Å²) in [6.45, 7) is 0. The first-order chi connectivity index (χ1) is 15.3. The number of nitrogens with zero attached hydrogens (tertiary/aromatic N) is 1. The number of carbonyl (C=O) groups excluding carboxylic acids is 1. The molecule has 0 unspecified atom stereocenters. The van der Waals surface area contributed by atoms with E-state index in [1.54, 1.807) is 43.3 Å². The number of hydrogen-bond donors (Lipinski definition) is 1. The Bertz CT molecular complexity index is 1110. The monoisotopic (exact) mass is 468 g/mol. The van der Waals surface area contributed by atoms with Gasteiger partial charge in [-0.3, -0.25) is 4.79 Å². The van der Waals surface area contributed by atoms with Crippen molar-refractivity contribution >= 4 is 17.3 Å². The maximum absolute atomic E-state index is 13.0. The van der Waals surface area contributed by atoms with Gasteiger partial charge in [-0.25, -0.2) is 0 Å². The summed E-state index contributed by atoms with van der Waals surface area (Å²) < 4.78 is 83.2. The average Bonchev–Trinajstić information content (AvgIpc) is 2.73. The molecule has 0 atom stereocenters. The molecular weight excluding hydrogens is 450 g/mol. The van der Waals surface area contributed by atoms with Gasteiger partial charge in [0.25, 0.3) is 5.91 Å². The first kappa shape index (κ1) is 24.0. The van der Waals surface area contributed by atoms with E-state index in [9.17, 15) is 31.1 Å². The summed E-state index contributed by atoms with van der Waals surface area (Å²) in [6, 6.07) is 13.4. The molecule has 1 N–H and O–H groups in total. The van der Waals surface area contributed by atoms with Gasteiger partial charge < -0.3 is 15.0 Å². The molecule has 0 saturated heterocycles. The largest absolute Gasteiger partial charge is 0.457 e. The third-order valence-electron chi connectivity index (χ3n) is 4.54. The highest BCUT2D eigenvalue weighted by molar-refractivity contribution is 6.08. The summed E-state index contributed by atoms with van der Waals surface area (Å²) in [6.07, 6.45) is -9.95. The molecule has 3 rings (SSSR count). The van der Waals surface area contributed by atoms with E-state index in [1.165, 1.54) is 24.3 Å². The zero-order valence-electron chi connectivity index (χ0n) is 17.4. The van der Waals surface area contributed by atoms with E-state index in [0.29, 0.717) is 29.1 Å². The second-order valence-corrected chi connectivity index (χ2v) is 7.23. The van der Waals surface area contributed by atoms with E-state index in [-0.39, 0.29) is 17.7 Å². The fraction of sp³-hybridized carbons (Fsp3) is 0.174. The molecule has 0 saturated carbocycles. The molecule has 0 heterocycles. The highest BCUT2D eigenvalue weighted by Gasteiger charge is 2.37. The van der Waals surface area contributed by atoms with Crippen LogP contribution in [0.25, 0.3) is 0 Å². The molecule has 33 heavy (non-hydrogen) atoms. The molecule has 1 amide bonds. The van der Waals surface area contributed by atoms with Gasteiger partial charge >= 0.3 is 12.4 Å². The number of carbonyl (C=O) groups is 1. The molecule has 0 radical (unpaired) electrons. The molecule has 3 aromatic rings. The van der Waals surface area contributed by atoms with Crippen LogP contribution in [0.1, 0.15) is 21.5 Å². The van der Waals surface area contributed by atoms with Crippen LogP contribution in [-0.2, 0) is 12.4 Å². The molecule has 0 spiro atoms. The zero-order chi connectivity index (χ0) is 24.4. The maximum Gasteiger partial charge on any atom is 0.416 e. The van der Waals surface area contributed by atoms with Crippen molar-refractivity contribution in [2.45, 2.75) is 12.4 Å². The summed E-state index contributed by atoms with van der Waals surface area (Å²) in [5.74, 6) is -1.01. The maximum atomic E-state index is 13.0. The number of rotatable bonds is 5. The third-order valence-corrected chi connectivity index (χ3v) is 4.54. The predicted molar refractivity (Wildman–Crippen MR) is 112 cm³/mol. The molecule has 0 fully saturated rings. The highest BCUT2D eigenvalue weighted by Crippen LogP contribution is 2.39. The molecule has 0 bridgehead atoms. The van der Waals surface area contributed by atoms with Crippen molar-refractivity contribution in [1.82, 2.24) is 0 Å². The van der Waals surface area contributed by atoms with Gasteiger partial charge in [0.15, 0.2) is 0 Å². The summed E-state index contributed by atoms with van der Waals surface area (Å²) in [7, 11) is 3.58. The van der Waals surface area contributed by atoms with Crippen molar-refractivity contribution in [3.8, 4) is 11.5 Å². The Hall–Kier alpha value is -3.69. The quantitative estimate of drug-likeness (QED) is 0.417. The summed E-state index contributed by atoms with van der Waals surface area (Å²) in [5, 5.41) is 2.68. The molecule has 3 aromatic carbocycles. The van der Waals surface area contributed by atoms with Gasteiger partial charge in [0, 0.05) is 25.5 Å². The Morgan fingerprint density at radius 1 is 0.788 bits per heavy atom. The number of alkyl halides is 6. The van der Waals surface area contributed by atoms with E-state index >= 15 is 0 Å². The number of halogens is 6. The number of para-hydroxylation sites is 1. The van der Waals surface area contributed by atoms with Gasteiger partial charge in [-0.05, 0) is 54.6 Å². The van der Waals surface area contributed by atoms with E-state index in [2.05, 4.69) is 5.32 Å². The Balaban J connectivity index is 1.80. The smallest absolute Gasteiger partial charge is 0.416 e. The Labute approximate surface area is 185 Å². The van der Waals surface area contributed by atoms with Crippen LogP contribution in [0.2, 0.25) is 0 Å². The first-order valence-electron chi connectivity index (χ1n) is 9.50. The van der Waals surface area contributed by atoms with E-state index in [1.807, 2.05) is 0 Å². The topological polar surface area (TPSA) is 41.6 Å². The fourth-order valence-electron chi connectivity index (χ4n) is 2.98. The van der Waals surface area contributed by atoms with Gasteiger partial charge in [0.2, 0.25) is 0 Å². The first-order valence-corrected chi connectivity index (χ1v) is 9.50. The van der Waals surface area contributed by atoms with Crippen molar-refractivity contribution in [3.63, 3.8) is 0 Å². The number of hydrogen-bond acceptors (Lipinski definition) is 3. The van der Waals surface area contributed by atoms with Crippen LogP contribution < -0.4 is 15.0 Å². The van der Waals surface area contributed by atoms with Crippen molar-refractivity contribution in [2.75, 3.05) is 24.3 Å². The molecular formula is C23H18F6N2O2. The number of amides is 1. The average molecular weight is 468 g/mol. The van der Waals surface area contributed by atoms with E-state index in [4.69, 9.17) is 4.74 Å². The van der Waals surface area contributed by atoms with Crippen molar-refractivity contribution < 1.29 is 35.9 Å². The van der Waals surface area contributed by atoms with Gasteiger partial charge in [0.05, 0.1) is 16.7 Å². The lowest BCUT2D eigenvalue weighted by molar-refractivity contribution is -0.143. The second-order valence-electron chi connectivity index (χ2n) is 7.23. The minimum atomic E-state index is -4.98. The number of ether oxygens (including phenoxy) is 1. The van der Waals surface area contributed by atoms with Crippen LogP contribution in [0.4, 0.5) is 37.7 Å². The summed E-state index contributed by atoms with van der Waals surface area (Å²) in [5.41, 5.74) is -1.47. The Kier molecular flexibility index (Phi) is 6.57. The van der Waals surface area contributed by atoms with Crippen LogP contribution in [0, 0.1) is 0 Å². The normalized spacial score (nSPS) is 11.8. The van der Waals surface area contributed by atoms with Crippen LogP contribution in [0.15, 0.2) is 66.7 Å². The number of anilines is 2. The summed E-state index contributed by atoms with van der Waals surface area (Å²) >= 11 is 0. The SMILES string of the molecule is CN(C)c1ccccc1C(=O)Nc1ccc(Oc2cc(C(F)(F)F)cc(C(F)(F)F)c2)cc1. The lowest BCUT2D eigenvalue weighted by Gasteiger charge is -2.17. The highest BCUT2D eigenvalue weighted by atomic mass is 19.4. The molecule has 0 aliphatic carbocycles. The lowest BCUT2D eigenvalue weighted by atomic mass is 10.1. The van der Waals surface area contributed by atoms with Crippen LogP contribution in [-0.4, -0.2) is 20.0 Å². The van der Waals surface area contributed by atoms with Crippen molar-refractivity contribution in [2.24, 2.45) is 0 Å². The van der Waals surface area contributed by atoms with Crippen LogP contribution in [0.5, 0.6) is 11.5 Å². The number of benzene rings is 3. The molecule has 0 aromatic heterocycles. The standard InChI is InChI=1S/C23H18F6N2O2/c1-31(2)20-6-4-3-5-19(20)21(32)30-16-7-9-17(10-8-16)33-18-12-14(22(24,25)26)11-15(13-18)23(27,28)29/h3-13H,1-2H3,(H,30,32). The van der Waals surface area contributed by atoms with E-state index < -0.39 is 29.2 Å². The molecule has 10 heteroatoms. The molecule has 0 aliphatic heterocycles. The van der Waals surface area contributed by atoms with Gasteiger partial charge in [0.1, 0.15) is 11.5 Å². The van der Waals surface area contributed by atoms with Crippen LogP contribution in [0.3, 0.4) is 0 Å². The number of nitrogens with one attached hydrogen (secondary N) is 1. The Morgan fingerprint density at radius 2 is 1.33 bits per heavy atom. The van der Waals surface area contributed by atoms with E-state index in [0.717, 1.165) is 0 Å². The van der Waals surface area contributed by atoms with Crippen LogP contribution >= 0.6 is 0 Å². The van der Waals surface area contributed by atoms with Crippen molar-refractivity contribution in [3.05, 3.63) is 83.4 Å². The minimum Gasteiger partial charge on any atom is -0.457 e. The third kappa shape index (κ3) is 5.97. The van der Waals surface area contributed by atoms with Gasteiger partial charge in [-0.15, -0.1) is 0 Å². The minimum absolute atomic E-state index is 0.00543. The Morgan fingerprint density at radius 3 is 1.85 bits per heavy atom. The lowest BCUT2D eigenvalue weighted by Crippen LogP contribution is -2.18.